The van der Waals surface area contributed by atoms with Crippen molar-refractivity contribution in [2.24, 2.45) is 11.8 Å². The molecule has 0 saturated heterocycles. The molecule has 1 aromatic rings. The summed E-state index contributed by atoms with van der Waals surface area (Å²) in [4.78, 5) is 5.50. The highest BCUT2D eigenvalue weighted by Crippen LogP contribution is 2.39. The minimum atomic E-state index is -0.283. The molecular weight excluding hydrogens is 218 g/mol. The van der Waals surface area contributed by atoms with Gasteiger partial charge in [-0.3, -0.25) is 0 Å². The third-order valence-electron chi connectivity index (χ3n) is 3.63. The molecule has 1 heterocycles. The van der Waals surface area contributed by atoms with E-state index in [1.165, 1.54) is 19.3 Å². The second-order valence-corrected chi connectivity index (χ2v) is 6.39. The van der Waals surface area contributed by atoms with Crippen LogP contribution in [-0.2, 0) is 0 Å². The van der Waals surface area contributed by atoms with Gasteiger partial charge in [-0.25, -0.2) is 4.98 Å². The van der Waals surface area contributed by atoms with Crippen LogP contribution < -0.4 is 0 Å². The molecule has 1 saturated carbocycles. The number of hydrogen-bond acceptors (Lipinski definition) is 3. The molecule has 1 N–H and O–H groups in total. The summed E-state index contributed by atoms with van der Waals surface area (Å²) in [5.41, 5.74) is 1.02. The van der Waals surface area contributed by atoms with Gasteiger partial charge in [-0.15, -0.1) is 11.3 Å². The van der Waals surface area contributed by atoms with Crippen molar-refractivity contribution in [3.63, 3.8) is 0 Å². The van der Waals surface area contributed by atoms with E-state index in [0.29, 0.717) is 5.92 Å². The van der Waals surface area contributed by atoms with Crippen LogP contribution in [0.5, 0.6) is 0 Å². The van der Waals surface area contributed by atoms with Crippen LogP contribution in [0.1, 0.15) is 54.3 Å². The van der Waals surface area contributed by atoms with Crippen molar-refractivity contribution in [3.8, 4) is 0 Å². The van der Waals surface area contributed by atoms with Crippen molar-refractivity contribution >= 4 is 11.3 Å². The van der Waals surface area contributed by atoms with Crippen LogP contribution >= 0.6 is 11.3 Å². The largest absolute Gasteiger partial charge is 0.387 e. The van der Waals surface area contributed by atoms with Gasteiger partial charge in [-0.05, 0) is 38.5 Å². The summed E-state index contributed by atoms with van der Waals surface area (Å²) in [7, 11) is 0. The van der Waals surface area contributed by atoms with Crippen LogP contribution in [0, 0.1) is 25.7 Å². The van der Waals surface area contributed by atoms with E-state index in [9.17, 15) is 5.11 Å². The van der Waals surface area contributed by atoms with E-state index >= 15 is 0 Å². The summed E-state index contributed by atoms with van der Waals surface area (Å²) in [5, 5.41) is 11.5. The molecule has 3 heteroatoms. The Morgan fingerprint density at radius 2 is 2.12 bits per heavy atom. The van der Waals surface area contributed by atoms with Crippen molar-refractivity contribution in [1.82, 2.24) is 4.98 Å². The van der Waals surface area contributed by atoms with Crippen molar-refractivity contribution < 1.29 is 5.11 Å². The van der Waals surface area contributed by atoms with Crippen LogP contribution in [0.15, 0.2) is 0 Å². The van der Waals surface area contributed by atoms with Gasteiger partial charge in [0, 0.05) is 0 Å². The Hall–Kier alpha value is -0.410. The van der Waals surface area contributed by atoms with Gasteiger partial charge in [-0.2, -0.15) is 0 Å². The smallest absolute Gasteiger partial charge is 0.0928 e. The summed E-state index contributed by atoms with van der Waals surface area (Å²) in [6, 6.07) is 0. The fourth-order valence-electron chi connectivity index (χ4n) is 2.80. The van der Waals surface area contributed by atoms with Crippen LogP contribution in [-0.4, -0.2) is 10.1 Å². The zero-order valence-electron chi connectivity index (χ0n) is 10.4. The fraction of sp³-hybridized carbons (Fsp3) is 0.769. The maximum atomic E-state index is 10.4. The summed E-state index contributed by atoms with van der Waals surface area (Å²) in [6.07, 6.45) is 4.64. The molecule has 16 heavy (non-hydrogen) atoms. The topological polar surface area (TPSA) is 33.1 Å². The Balaban J connectivity index is 2.11. The monoisotopic (exact) mass is 239 g/mol. The molecule has 1 aromatic heterocycles. The van der Waals surface area contributed by atoms with Gasteiger partial charge >= 0.3 is 0 Å². The lowest BCUT2D eigenvalue weighted by atomic mass is 9.79. The van der Waals surface area contributed by atoms with E-state index in [4.69, 9.17) is 0 Å². The molecule has 1 aliphatic rings. The third kappa shape index (κ3) is 2.46. The van der Waals surface area contributed by atoms with Gasteiger partial charge in [-0.1, -0.05) is 19.8 Å². The van der Waals surface area contributed by atoms with Gasteiger partial charge in [0.05, 0.1) is 21.7 Å². The van der Waals surface area contributed by atoms with E-state index in [-0.39, 0.29) is 6.10 Å². The minimum absolute atomic E-state index is 0.283. The maximum Gasteiger partial charge on any atom is 0.0928 e. The Morgan fingerprint density at radius 3 is 2.69 bits per heavy atom. The summed E-state index contributed by atoms with van der Waals surface area (Å²) >= 11 is 1.66. The standard InChI is InChI=1S/C13H21NOS/c1-8-5-4-6-11(7-8)12(15)13-9(2)14-10(3)16-13/h8,11-12,15H,4-7H2,1-3H3. The predicted molar refractivity (Wildman–Crippen MR) is 67.7 cm³/mol. The van der Waals surface area contributed by atoms with Gasteiger partial charge < -0.3 is 5.11 Å². The normalized spacial score (nSPS) is 28.0. The average Bonchev–Trinajstić information content (AvgIpc) is 2.57. The first-order valence-corrected chi connectivity index (χ1v) is 7.01. The number of rotatable bonds is 2. The number of aliphatic hydroxyl groups excluding tert-OH is 1. The van der Waals surface area contributed by atoms with Gasteiger partial charge in [0.25, 0.3) is 0 Å². The number of aliphatic hydroxyl groups is 1. The molecule has 0 aromatic carbocycles. The van der Waals surface area contributed by atoms with Crippen molar-refractivity contribution in [3.05, 3.63) is 15.6 Å². The molecule has 1 fully saturated rings. The van der Waals surface area contributed by atoms with Crippen molar-refractivity contribution in [2.75, 3.05) is 0 Å². The van der Waals surface area contributed by atoms with Crippen molar-refractivity contribution in [1.29, 1.82) is 0 Å². The highest BCUT2D eigenvalue weighted by molar-refractivity contribution is 7.11. The molecule has 1 aliphatic carbocycles. The van der Waals surface area contributed by atoms with E-state index in [0.717, 1.165) is 27.9 Å². The van der Waals surface area contributed by atoms with Crippen LogP contribution in [0.25, 0.3) is 0 Å². The van der Waals surface area contributed by atoms with E-state index in [1.807, 2.05) is 13.8 Å². The Bertz CT molecular complexity index is 361. The zero-order valence-corrected chi connectivity index (χ0v) is 11.2. The Morgan fingerprint density at radius 1 is 1.38 bits per heavy atom. The minimum Gasteiger partial charge on any atom is -0.387 e. The molecule has 3 unspecified atom stereocenters. The van der Waals surface area contributed by atoms with Crippen molar-refractivity contribution in [2.45, 2.75) is 52.6 Å². The fourth-order valence-corrected chi connectivity index (χ4v) is 3.81. The number of thiazole rings is 1. The van der Waals surface area contributed by atoms with Crippen LogP contribution in [0.2, 0.25) is 0 Å². The molecule has 3 atom stereocenters. The van der Waals surface area contributed by atoms with E-state index in [1.54, 1.807) is 11.3 Å². The predicted octanol–water partition coefficient (Wildman–Crippen LogP) is 3.62. The molecule has 0 spiro atoms. The average molecular weight is 239 g/mol. The lowest BCUT2D eigenvalue weighted by Gasteiger charge is -2.30. The second kappa shape index (κ2) is 4.84. The van der Waals surface area contributed by atoms with E-state index < -0.39 is 0 Å². The summed E-state index contributed by atoms with van der Waals surface area (Å²) in [6.45, 7) is 6.31. The Labute approximate surface area is 102 Å². The molecule has 2 nitrogen and oxygen atoms in total. The second-order valence-electron chi connectivity index (χ2n) is 5.16. The Kier molecular flexibility index (Phi) is 3.65. The van der Waals surface area contributed by atoms with Crippen LogP contribution in [0.4, 0.5) is 0 Å². The van der Waals surface area contributed by atoms with Crippen LogP contribution in [0.3, 0.4) is 0 Å². The van der Waals surface area contributed by atoms with E-state index in [2.05, 4.69) is 11.9 Å². The number of aromatic nitrogens is 1. The lowest BCUT2D eigenvalue weighted by Crippen LogP contribution is -2.20. The molecule has 2 rings (SSSR count). The SMILES string of the molecule is Cc1nc(C)c(C(O)C2CCCC(C)C2)s1. The molecule has 0 radical (unpaired) electrons. The van der Waals surface area contributed by atoms with Gasteiger partial charge in [0.1, 0.15) is 0 Å². The van der Waals surface area contributed by atoms with Gasteiger partial charge in [0.15, 0.2) is 0 Å². The lowest BCUT2D eigenvalue weighted by molar-refractivity contribution is 0.0736. The molecule has 0 bridgehead atoms. The zero-order chi connectivity index (χ0) is 11.7. The van der Waals surface area contributed by atoms with Gasteiger partial charge in [0.2, 0.25) is 0 Å². The first-order chi connectivity index (χ1) is 7.58. The number of aryl methyl sites for hydroxylation is 2. The molecule has 0 aliphatic heterocycles. The highest BCUT2D eigenvalue weighted by atomic mass is 32.1. The highest BCUT2D eigenvalue weighted by Gasteiger charge is 2.28. The summed E-state index contributed by atoms with van der Waals surface area (Å²) < 4.78 is 0. The number of nitrogens with zero attached hydrogens (tertiary/aromatic N) is 1. The quantitative estimate of drug-likeness (QED) is 0.855. The molecule has 0 amide bonds. The number of hydrogen-bond donors (Lipinski definition) is 1. The third-order valence-corrected chi connectivity index (χ3v) is 4.78. The molecule has 90 valence electrons. The summed E-state index contributed by atoms with van der Waals surface area (Å²) in [5.74, 6) is 1.21. The first-order valence-electron chi connectivity index (χ1n) is 6.20. The molecular formula is C13H21NOS. The maximum absolute atomic E-state index is 10.4. The first kappa shape index (κ1) is 12.1.